The average Bonchev–Trinajstić information content (AvgIpc) is 2.45. The van der Waals surface area contributed by atoms with Gasteiger partial charge in [-0.3, -0.25) is 4.90 Å². The molecule has 124 valence electrons. The Hall–Kier alpha value is -1.21. The molecule has 1 saturated heterocycles. The molecule has 2 unspecified atom stereocenters. The molecule has 7 heteroatoms. The quantitative estimate of drug-likeness (QED) is 0.858. The van der Waals surface area contributed by atoms with Crippen molar-refractivity contribution in [3.63, 3.8) is 0 Å². The molecule has 2 rings (SSSR count). The van der Waals surface area contributed by atoms with E-state index in [0.29, 0.717) is 18.7 Å². The minimum absolute atomic E-state index is 0.188. The number of aliphatic hydroxyl groups is 1. The summed E-state index contributed by atoms with van der Waals surface area (Å²) in [4.78, 5) is 1.84. The van der Waals surface area contributed by atoms with Crippen LogP contribution in [0.2, 0.25) is 0 Å². The lowest BCUT2D eigenvalue weighted by Crippen LogP contribution is -2.44. The highest BCUT2D eigenvalue weighted by atomic mass is 19.4. The standard InChI is InChI=1S/C15H18F5NO/c1-9(12-3-2-11(16)8-13(12)17)21-6-4-10(5-7-21)14(22)15(18,19)20/h2-3,8-10,14,22H,4-7H2,1H3. The van der Waals surface area contributed by atoms with Gasteiger partial charge in [0.25, 0.3) is 0 Å². The van der Waals surface area contributed by atoms with Crippen LogP contribution in [0, 0.1) is 17.6 Å². The molecule has 1 fully saturated rings. The molecule has 0 saturated carbocycles. The molecule has 22 heavy (non-hydrogen) atoms. The molecule has 0 bridgehead atoms. The number of aliphatic hydroxyl groups excluding tert-OH is 1. The summed E-state index contributed by atoms with van der Waals surface area (Å²) < 4.78 is 64.2. The average molecular weight is 323 g/mol. The van der Waals surface area contributed by atoms with E-state index in [9.17, 15) is 27.1 Å². The molecule has 0 aromatic heterocycles. The van der Waals surface area contributed by atoms with Gasteiger partial charge >= 0.3 is 6.18 Å². The number of nitrogens with zero attached hydrogens (tertiary/aromatic N) is 1. The van der Waals surface area contributed by atoms with Crippen molar-refractivity contribution in [1.29, 1.82) is 0 Å². The van der Waals surface area contributed by atoms with E-state index >= 15 is 0 Å². The van der Waals surface area contributed by atoms with E-state index in [1.165, 1.54) is 6.07 Å². The van der Waals surface area contributed by atoms with Gasteiger partial charge in [0.1, 0.15) is 11.6 Å². The van der Waals surface area contributed by atoms with Crippen molar-refractivity contribution in [1.82, 2.24) is 4.90 Å². The number of benzene rings is 1. The van der Waals surface area contributed by atoms with Gasteiger partial charge in [-0.1, -0.05) is 6.07 Å². The predicted molar refractivity (Wildman–Crippen MR) is 71.1 cm³/mol. The number of alkyl halides is 3. The minimum Gasteiger partial charge on any atom is -0.383 e. The number of halogens is 5. The van der Waals surface area contributed by atoms with Gasteiger partial charge in [-0.05, 0) is 44.8 Å². The number of hydrogen-bond donors (Lipinski definition) is 1. The second-order valence-corrected chi connectivity index (χ2v) is 5.70. The van der Waals surface area contributed by atoms with E-state index in [2.05, 4.69) is 0 Å². The summed E-state index contributed by atoms with van der Waals surface area (Å²) in [5.41, 5.74) is 0.316. The first-order valence-electron chi connectivity index (χ1n) is 7.14. The third-order valence-electron chi connectivity index (χ3n) is 4.32. The van der Waals surface area contributed by atoms with Gasteiger partial charge < -0.3 is 5.11 Å². The van der Waals surface area contributed by atoms with Crippen molar-refractivity contribution in [3.8, 4) is 0 Å². The van der Waals surface area contributed by atoms with Gasteiger partial charge in [0, 0.05) is 17.7 Å². The fourth-order valence-electron chi connectivity index (χ4n) is 2.93. The Labute approximate surface area is 125 Å². The van der Waals surface area contributed by atoms with Gasteiger partial charge in [-0.2, -0.15) is 13.2 Å². The van der Waals surface area contributed by atoms with E-state index in [4.69, 9.17) is 0 Å². The van der Waals surface area contributed by atoms with Crippen molar-refractivity contribution >= 4 is 0 Å². The molecule has 2 atom stereocenters. The maximum atomic E-state index is 13.8. The zero-order chi connectivity index (χ0) is 16.5. The fraction of sp³-hybridized carbons (Fsp3) is 0.600. The van der Waals surface area contributed by atoms with E-state index < -0.39 is 29.8 Å². The molecule has 1 heterocycles. The van der Waals surface area contributed by atoms with Crippen molar-refractivity contribution in [3.05, 3.63) is 35.4 Å². The van der Waals surface area contributed by atoms with Gasteiger partial charge in [0.2, 0.25) is 0 Å². The summed E-state index contributed by atoms with van der Waals surface area (Å²) >= 11 is 0. The third kappa shape index (κ3) is 3.76. The van der Waals surface area contributed by atoms with Crippen LogP contribution in [-0.2, 0) is 0 Å². The van der Waals surface area contributed by atoms with Crippen LogP contribution in [0.4, 0.5) is 22.0 Å². The molecule has 0 radical (unpaired) electrons. The fourth-order valence-corrected chi connectivity index (χ4v) is 2.93. The number of likely N-dealkylation sites (tertiary alicyclic amines) is 1. The van der Waals surface area contributed by atoms with E-state index in [-0.39, 0.29) is 18.9 Å². The molecular formula is C15H18F5NO. The highest BCUT2D eigenvalue weighted by molar-refractivity contribution is 5.21. The number of rotatable bonds is 3. The van der Waals surface area contributed by atoms with Crippen LogP contribution < -0.4 is 0 Å². The van der Waals surface area contributed by atoms with Crippen LogP contribution in [0.25, 0.3) is 0 Å². The topological polar surface area (TPSA) is 23.5 Å². The van der Waals surface area contributed by atoms with Crippen molar-refractivity contribution in [2.45, 2.75) is 38.1 Å². The van der Waals surface area contributed by atoms with Crippen LogP contribution in [-0.4, -0.2) is 35.4 Å². The van der Waals surface area contributed by atoms with Crippen LogP contribution in [0.3, 0.4) is 0 Å². The summed E-state index contributed by atoms with van der Waals surface area (Å²) in [6.07, 6.45) is -6.55. The van der Waals surface area contributed by atoms with Crippen LogP contribution in [0.1, 0.15) is 31.4 Å². The molecule has 1 aliphatic rings. The van der Waals surface area contributed by atoms with Crippen molar-refractivity contribution < 1.29 is 27.1 Å². The Morgan fingerprint density at radius 2 is 1.77 bits per heavy atom. The summed E-state index contributed by atoms with van der Waals surface area (Å²) in [5.74, 6) is -2.16. The van der Waals surface area contributed by atoms with Crippen molar-refractivity contribution in [2.75, 3.05) is 13.1 Å². The second-order valence-electron chi connectivity index (χ2n) is 5.70. The summed E-state index contributed by atoms with van der Waals surface area (Å²) in [7, 11) is 0. The molecule has 1 N–H and O–H groups in total. The lowest BCUT2D eigenvalue weighted by molar-refractivity contribution is -0.223. The highest BCUT2D eigenvalue weighted by Gasteiger charge is 2.44. The first-order valence-corrected chi connectivity index (χ1v) is 7.14. The molecule has 1 aromatic rings. The lowest BCUT2D eigenvalue weighted by atomic mass is 9.89. The Morgan fingerprint density at radius 3 is 2.27 bits per heavy atom. The lowest BCUT2D eigenvalue weighted by Gasteiger charge is -2.38. The molecular weight excluding hydrogens is 305 g/mol. The van der Waals surface area contributed by atoms with Gasteiger partial charge in [-0.25, -0.2) is 8.78 Å². The van der Waals surface area contributed by atoms with Crippen LogP contribution >= 0.6 is 0 Å². The largest absolute Gasteiger partial charge is 0.414 e. The maximum Gasteiger partial charge on any atom is 0.414 e. The van der Waals surface area contributed by atoms with Crippen LogP contribution in [0.15, 0.2) is 18.2 Å². The van der Waals surface area contributed by atoms with Gasteiger partial charge in [0.15, 0.2) is 6.10 Å². The number of piperidine rings is 1. The summed E-state index contributed by atoms with van der Waals surface area (Å²) in [6, 6.07) is 2.96. The Bertz CT molecular complexity index is 511. The predicted octanol–water partition coefficient (Wildman–Crippen LogP) is 3.66. The van der Waals surface area contributed by atoms with E-state index in [1.54, 1.807) is 6.92 Å². The number of hydrogen-bond acceptors (Lipinski definition) is 2. The molecule has 0 aliphatic carbocycles. The molecule has 1 aromatic carbocycles. The van der Waals surface area contributed by atoms with Gasteiger partial charge in [0.05, 0.1) is 0 Å². The van der Waals surface area contributed by atoms with Gasteiger partial charge in [-0.15, -0.1) is 0 Å². The Balaban J connectivity index is 1.99. The van der Waals surface area contributed by atoms with Crippen molar-refractivity contribution in [2.24, 2.45) is 5.92 Å². The second kappa shape index (κ2) is 6.50. The summed E-state index contributed by atoms with van der Waals surface area (Å²) in [5, 5.41) is 9.28. The van der Waals surface area contributed by atoms with Crippen LogP contribution in [0.5, 0.6) is 0 Å². The Morgan fingerprint density at radius 1 is 1.18 bits per heavy atom. The SMILES string of the molecule is CC(c1ccc(F)cc1F)N1CCC(C(O)C(F)(F)F)CC1. The third-order valence-corrected chi connectivity index (χ3v) is 4.32. The monoisotopic (exact) mass is 323 g/mol. The van der Waals surface area contributed by atoms with E-state index in [0.717, 1.165) is 12.1 Å². The highest BCUT2D eigenvalue weighted by Crippen LogP contribution is 2.34. The zero-order valence-electron chi connectivity index (χ0n) is 12.1. The first-order chi connectivity index (χ1) is 10.2. The molecule has 0 amide bonds. The first kappa shape index (κ1) is 17.1. The zero-order valence-corrected chi connectivity index (χ0v) is 12.1. The van der Waals surface area contributed by atoms with E-state index in [1.807, 2.05) is 4.90 Å². The minimum atomic E-state index is -4.61. The maximum absolute atomic E-state index is 13.8. The molecule has 0 spiro atoms. The molecule has 2 nitrogen and oxygen atoms in total. The smallest absolute Gasteiger partial charge is 0.383 e. The normalized spacial score (nSPS) is 20.9. The Kier molecular flexibility index (Phi) is 5.07. The summed E-state index contributed by atoms with van der Waals surface area (Å²) in [6.45, 7) is 2.39. The molecule has 1 aliphatic heterocycles.